The van der Waals surface area contributed by atoms with E-state index in [0.29, 0.717) is 0 Å². The van der Waals surface area contributed by atoms with E-state index in [4.69, 9.17) is 4.98 Å². The van der Waals surface area contributed by atoms with Gasteiger partial charge in [-0.25, -0.2) is 4.98 Å². The van der Waals surface area contributed by atoms with Gasteiger partial charge in [-0.05, 0) is 61.7 Å². The Morgan fingerprint density at radius 3 is 2.68 bits per heavy atom. The Bertz CT molecular complexity index is 831. The topological polar surface area (TPSA) is 31.9 Å². The molecule has 3 aromatic rings. The maximum atomic E-state index is 4.70. The van der Waals surface area contributed by atoms with Crippen LogP contribution in [0.1, 0.15) is 18.4 Å². The van der Waals surface area contributed by atoms with Gasteiger partial charge in [0.15, 0.2) is 0 Å². The van der Waals surface area contributed by atoms with Crippen molar-refractivity contribution in [2.45, 2.75) is 19.8 Å². The van der Waals surface area contributed by atoms with Crippen molar-refractivity contribution in [1.82, 2.24) is 9.97 Å². The molecule has 0 spiro atoms. The number of aromatic nitrogens is 2. The number of hydrogen-bond donors (Lipinski definition) is 1. The van der Waals surface area contributed by atoms with Gasteiger partial charge in [0.25, 0.3) is 0 Å². The molecule has 0 bridgehead atoms. The quantitative estimate of drug-likeness (QED) is 0.708. The van der Waals surface area contributed by atoms with E-state index in [1.165, 1.54) is 37.2 Å². The van der Waals surface area contributed by atoms with Gasteiger partial charge in [-0.1, -0.05) is 15.9 Å². The van der Waals surface area contributed by atoms with E-state index in [0.717, 1.165) is 26.9 Å². The van der Waals surface area contributed by atoms with Crippen LogP contribution in [0, 0.1) is 6.92 Å². The first kappa shape index (κ1) is 13.8. The molecule has 1 aromatic heterocycles. The maximum Gasteiger partial charge on any atom is 0.138 e. The summed E-state index contributed by atoms with van der Waals surface area (Å²) in [4.78, 5) is 10.6. The van der Waals surface area contributed by atoms with Crippen molar-refractivity contribution in [3.63, 3.8) is 0 Å². The Morgan fingerprint density at radius 2 is 1.91 bits per heavy atom. The highest BCUT2D eigenvalue weighted by molar-refractivity contribution is 9.10. The van der Waals surface area contributed by atoms with Gasteiger partial charge in [0, 0.05) is 28.8 Å². The van der Waals surface area contributed by atoms with Gasteiger partial charge in [-0.15, -0.1) is 0 Å². The molecular formula is C18H18BrN3. The number of imidazole rings is 1. The summed E-state index contributed by atoms with van der Waals surface area (Å²) in [7, 11) is 0. The Labute approximate surface area is 138 Å². The first-order valence-electron chi connectivity index (χ1n) is 7.72. The van der Waals surface area contributed by atoms with Gasteiger partial charge in [-0.2, -0.15) is 0 Å². The second kappa shape index (κ2) is 5.43. The molecule has 1 fully saturated rings. The third kappa shape index (κ3) is 2.41. The molecule has 2 heterocycles. The Morgan fingerprint density at radius 1 is 1.09 bits per heavy atom. The third-order valence-corrected chi connectivity index (χ3v) is 4.85. The second-order valence-corrected chi connectivity index (χ2v) is 6.86. The predicted octanol–water partition coefficient (Wildman–Crippen LogP) is 4.90. The van der Waals surface area contributed by atoms with Crippen molar-refractivity contribution in [3.8, 4) is 11.4 Å². The van der Waals surface area contributed by atoms with Crippen LogP contribution in [0.2, 0.25) is 0 Å². The van der Waals surface area contributed by atoms with Crippen LogP contribution in [0.15, 0.2) is 40.9 Å². The first-order valence-corrected chi connectivity index (χ1v) is 8.51. The molecule has 22 heavy (non-hydrogen) atoms. The SMILES string of the molecule is Cc1cc(-c2nc3ccc(Br)cc3[nH]2)ccc1N1CCCC1. The van der Waals surface area contributed by atoms with Crippen molar-refractivity contribution in [2.24, 2.45) is 0 Å². The van der Waals surface area contributed by atoms with Crippen LogP contribution < -0.4 is 4.90 Å². The standard InChI is InChI=1S/C18H18BrN3/c1-12-10-13(4-7-17(12)22-8-2-3-9-22)18-20-15-6-5-14(19)11-16(15)21-18/h4-7,10-11H,2-3,8-9H2,1H3,(H,20,21). The molecule has 0 atom stereocenters. The van der Waals surface area contributed by atoms with E-state index in [-0.39, 0.29) is 0 Å². The van der Waals surface area contributed by atoms with Gasteiger partial charge in [-0.3, -0.25) is 0 Å². The van der Waals surface area contributed by atoms with Crippen molar-refractivity contribution in [2.75, 3.05) is 18.0 Å². The molecule has 4 heteroatoms. The summed E-state index contributed by atoms with van der Waals surface area (Å²) in [6, 6.07) is 12.8. The molecule has 0 unspecified atom stereocenters. The largest absolute Gasteiger partial charge is 0.371 e. The fraction of sp³-hybridized carbons (Fsp3) is 0.278. The minimum absolute atomic E-state index is 0.934. The van der Waals surface area contributed by atoms with Crippen LogP contribution in [0.5, 0.6) is 0 Å². The summed E-state index contributed by atoms with van der Waals surface area (Å²) in [5, 5.41) is 0. The Kier molecular flexibility index (Phi) is 3.41. The highest BCUT2D eigenvalue weighted by Gasteiger charge is 2.15. The van der Waals surface area contributed by atoms with Gasteiger partial charge < -0.3 is 9.88 Å². The summed E-state index contributed by atoms with van der Waals surface area (Å²) in [5.74, 6) is 0.934. The molecule has 4 rings (SSSR count). The summed E-state index contributed by atoms with van der Waals surface area (Å²) >= 11 is 3.50. The first-order chi connectivity index (χ1) is 10.7. The van der Waals surface area contributed by atoms with Gasteiger partial charge >= 0.3 is 0 Å². The highest BCUT2D eigenvalue weighted by Crippen LogP contribution is 2.29. The number of anilines is 1. The monoisotopic (exact) mass is 355 g/mol. The van der Waals surface area contributed by atoms with Crippen molar-refractivity contribution in [3.05, 3.63) is 46.4 Å². The molecule has 0 aliphatic carbocycles. The van der Waals surface area contributed by atoms with Crippen LogP contribution in [-0.4, -0.2) is 23.1 Å². The Hall–Kier alpha value is -1.81. The average Bonchev–Trinajstić information content (AvgIpc) is 3.15. The van der Waals surface area contributed by atoms with Crippen molar-refractivity contribution < 1.29 is 0 Å². The molecule has 1 aliphatic rings. The molecule has 1 N–H and O–H groups in total. The number of H-pyrrole nitrogens is 1. The third-order valence-electron chi connectivity index (χ3n) is 4.36. The number of nitrogens with one attached hydrogen (secondary N) is 1. The number of halogens is 1. The lowest BCUT2D eigenvalue weighted by atomic mass is 10.1. The molecule has 0 radical (unpaired) electrons. The van der Waals surface area contributed by atoms with Crippen LogP contribution in [0.3, 0.4) is 0 Å². The molecule has 1 saturated heterocycles. The number of fused-ring (bicyclic) bond motifs is 1. The molecule has 0 amide bonds. The van der Waals surface area contributed by atoms with E-state index in [9.17, 15) is 0 Å². The minimum atomic E-state index is 0.934. The summed E-state index contributed by atoms with van der Waals surface area (Å²) in [6.45, 7) is 4.55. The van der Waals surface area contributed by atoms with Crippen LogP contribution >= 0.6 is 15.9 Å². The molecule has 3 nitrogen and oxygen atoms in total. The van der Waals surface area contributed by atoms with E-state index < -0.39 is 0 Å². The molecule has 2 aromatic carbocycles. The fourth-order valence-electron chi connectivity index (χ4n) is 3.23. The van der Waals surface area contributed by atoms with Gasteiger partial charge in [0.2, 0.25) is 0 Å². The van der Waals surface area contributed by atoms with Crippen LogP contribution in [0.4, 0.5) is 5.69 Å². The zero-order valence-corrected chi connectivity index (χ0v) is 14.2. The van der Waals surface area contributed by atoms with E-state index in [2.05, 4.69) is 57.0 Å². The lowest BCUT2D eigenvalue weighted by molar-refractivity contribution is 0.949. The maximum absolute atomic E-state index is 4.70. The van der Waals surface area contributed by atoms with E-state index in [1.807, 2.05) is 12.1 Å². The van der Waals surface area contributed by atoms with Crippen LogP contribution in [0.25, 0.3) is 22.4 Å². The number of hydrogen-bond acceptors (Lipinski definition) is 2. The molecule has 112 valence electrons. The zero-order valence-electron chi connectivity index (χ0n) is 12.6. The van der Waals surface area contributed by atoms with E-state index >= 15 is 0 Å². The number of nitrogens with zero attached hydrogens (tertiary/aromatic N) is 2. The number of benzene rings is 2. The van der Waals surface area contributed by atoms with Gasteiger partial charge in [0.1, 0.15) is 5.82 Å². The van der Waals surface area contributed by atoms with Crippen LogP contribution in [-0.2, 0) is 0 Å². The highest BCUT2D eigenvalue weighted by atomic mass is 79.9. The summed E-state index contributed by atoms with van der Waals surface area (Å²) < 4.78 is 1.07. The Balaban J connectivity index is 1.73. The predicted molar refractivity (Wildman–Crippen MR) is 95.4 cm³/mol. The molecule has 1 aliphatic heterocycles. The molecule has 0 saturated carbocycles. The molecular weight excluding hydrogens is 338 g/mol. The summed E-state index contributed by atoms with van der Waals surface area (Å²) in [5.41, 5.74) is 5.89. The number of rotatable bonds is 2. The number of aromatic amines is 1. The normalized spacial score (nSPS) is 14.9. The lowest BCUT2D eigenvalue weighted by Gasteiger charge is -2.20. The number of aryl methyl sites for hydroxylation is 1. The average molecular weight is 356 g/mol. The zero-order chi connectivity index (χ0) is 15.1. The van der Waals surface area contributed by atoms with Crippen molar-refractivity contribution in [1.29, 1.82) is 0 Å². The van der Waals surface area contributed by atoms with Gasteiger partial charge in [0.05, 0.1) is 11.0 Å². The summed E-state index contributed by atoms with van der Waals surface area (Å²) in [6.07, 6.45) is 2.61. The van der Waals surface area contributed by atoms with Crippen molar-refractivity contribution >= 4 is 32.7 Å². The minimum Gasteiger partial charge on any atom is -0.371 e. The smallest absolute Gasteiger partial charge is 0.138 e. The second-order valence-electron chi connectivity index (χ2n) is 5.94. The van der Waals surface area contributed by atoms with E-state index in [1.54, 1.807) is 0 Å². The lowest BCUT2D eigenvalue weighted by Crippen LogP contribution is -2.18. The fourth-order valence-corrected chi connectivity index (χ4v) is 3.60.